The van der Waals surface area contributed by atoms with Gasteiger partial charge in [0.1, 0.15) is 43.0 Å². The van der Waals surface area contributed by atoms with E-state index in [1.165, 1.54) is 0 Å². The molecule has 0 bridgehead atoms. The topological polar surface area (TPSA) is 156 Å². The van der Waals surface area contributed by atoms with Gasteiger partial charge >= 0.3 is 5.97 Å². The van der Waals surface area contributed by atoms with Gasteiger partial charge in [0.05, 0.1) is 11.8 Å². The van der Waals surface area contributed by atoms with Gasteiger partial charge in [-0.2, -0.15) is 0 Å². The number of rotatable bonds is 9. The minimum Gasteiger partial charge on any atom is -0.507 e. The van der Waals surface area contributed by atoms with Crippen LogP contribution in [-0.2, 0) is 22.3 Å². The van der Waals surface area contributed by atoms with Crippen molar-refractivity contribution < 1.29 is 43.8 Å². The summed E-state index contributed by atoms with van der Waals surface area (Å²) in [5, 5.41) is 41.7. The second kappa shape index (κ2) is 12.9. The molecule has 1 aliphatic rings. The van der Waals surface area contributed by atoms with E-state index in [1.807, 2.05) is 39.8 Å². The first-order valence-electron chi connectivity index (χ1n) is 12.2. The van der Waals surface area contributed by atoms with Crippen LogP contribution in [0, 0.1) is 0 Å². The number of ether oxygens (including phenoxy) is 3. The normalized spacial score (nSPS) is 22.9. The molecule has 1 saturated heterocycles. The van der Waals surface area contributed by atoms with Crippen LogP contribution in [0.5, 0.6) is 11.5 Å². The molecule has 2 heterocycles. The average molecular weight is 531 g/mol. The number of hydrogen-bond acceptors (Lipinski definition) is 10. The molecule has 3 rings (SSSR count). The SMILES string of the molecule is CC(C)=CCc1cc(C(=O)OC[C@H]2O[C@@H](Oc3coccc3=O)[C@H](O)[C@@H](O)[C@@H]2O)cc(CC=C(C)C)c1O. The zero-order chi connectivity index (χ0) is 28.0. The predicted octanol–water partition coefficient (Wildman–Crippen LogP) is 2.41. The maximum atomic E-state index is 13.0. The Kier molecular flexibility index (Phi) is 9.87. The number of aromatic hydroxyl groups is 1. The second-order valence-corrected chi connectivity index (χ2v) is 9.63. The highest BCUT2D eigenvalue weighted by molar-refractivity contribution is 5.90. The van der Waals surface area contributed by atoms with Crippen molar-refractivity contribution in [3.8, 4) is 11.5 Å². The number of benzene rings is 1. The molecule has 38 heavy (non-hydrogen) atoms. The van der Waals surface area contributed by atoms with Crippen LogP contribution in [0.3, 0.4) is 0 Å². The Morgan fingerprint density at radius 1 is 0.974 bits per heavy atom. The summed E-state index contributed by atoms with van der Waals surface area (Å²) in [5.41, 5.74) is 2.87. The molecule has 0 spiro atoms. The summed E-state index contributed by atoms with van der Waals surface area (Å²) in [7, 11) is 0. The van der Waals surface area contributed by atoms with E-state index in [9.17, 15) is 30.0 Å². The largest absolute Gasteiger partial charge is 0.507 e. The summed E-state index contributed by atoms with van der Waals surface area (Å²) in [6.07, 6.45) is -0.960. The Morgan fingerprint density at radius 3 is 2.13 bits per heavy atom. The molecule has 1 aromatic carbocycles. The Morgan fingerprint density at radius 2 is 1.58 bits per heavy atom. The Hall–Kier alpha value is -3.44. The average Bonchev–Trinajstić information content (AvgIpc) is 2.87. The van der Waals surface area contributed by atoms with Gasteiger partial charge in [0.15, 0.2) is 0 Å². The van der Waals surface area contributed by atoms with Crippen LogP contribution in [0.25, 0.3) is 0 Å². The summed E-state index contributed by atoms with van der Waals surface area (Å²) in [6.45, 7) is 7.24. The van der Waals surface area contributed by atoms with Crippen molar-refractivity contribution >= 4 is 5.97 Å². The first kappa shape index (κ1) is 29.1. The Balaban J connectivity index is 1.77. The molecule has 1 fully saturated rings. The van der Waals surface area contributed by atoms with Crippen LogP contribution in [-0.4, -0.2) is 63.7 Å². The lowest BCUT2D eigenvalue weighted by Gasteiger charge is -2.39. The van der Waals surface area contributed by atoms with E-state index in [-0.39, 0.29) is 17.1 Å². The van der Waals surface area contributed by atoms with E-state index in [0.29, 0.717) is 24.0 Å². The molecule has 0 amide bonds. The maximum Gasteiger partial charge on any atom is 0.338 e. The molecule has 0 aliphatic carbocycles. The Labute approximate surface area is 220 Å². The van der Waals surface area contributed by atoms with Crippen molar-refractivity contribution in [2.75, 3.05) is 6.61 Å². The lowest BCUT2D eigenvalue weighted by atomic mass is 9.98. The van der Waals surface area contributed by atoms with Gasteiger partial charge in [-0.1, -0.05) is 23.3 Å². The summed E-state index contributed by atoms with van der Waals surface area (Å²) in [4.78, 5) is 24.9. The van der Waals surface area contributed by atoms with Gasteiger partial charge < -0.3 is 39.1 Å². The van der Waals surface area contributed by atoms with Crippen molar-refractivity contribution in [3.63, 3.8) is 0 Å². The highest BCUT2D eigenvalue weighted by Gasteiger charge is 2.45. The molecule has 1 aliphatic heterocycles. The number of aliphatic hydroxyl groups excluding tert-OH is 3. The molecule has 1 aromatic heterocycles. The third kappa shape index (κ3) is 7.32. The van der Waals surface area contributed by atoms with E-state index in [0.717, 1.165) is 29.7 Å². The fourth-order valence-corrected chi connectivity index (χ4v) is 3.76. The van der Waals surface area contributed by atoms with Crippen molar-refractivity contribution in [1.82, 2.24) is 0 Å². The van der Waals surface area contributed by atoms with Crippen LogP contribution in [0.1, 0.15) is 49.2 Å². The number of phenols is 1. The van der Waals surface area contributed by atoms with Crippen LogP contribution < -0.4 is 10.2 Å². The highest BCUT2D eigenvalue weighted by Crippen LogP contribution is 2.28. The Bertz CT molecular complexity index is 1200. The predicted molar refractivity (Wildman–Crippen MR) is 137 cm³/mol. The van der Waals surface area contributed by atoms with Crippen LogP contribution >= 0.6 is 0 Å². The molecule has 10 heteroatoms. The minimum absolute atomic E-state index is 0.102. The molecule has 0 saturated carbocycles. The van der Waals surface area contributed by atoms with Crippen LogP contribution in [0.15, 0.2) is 63.2 Å². The molecule has 4 N–H and O–H groups in total. The summed E-state index contributed by atoms with van der Waals surface area (Å²) in [6, 6.07) is 4.19. The van der Waals surface area contributed by atoms with Crippen LogP contribution in [0.2, 0.25) is 0 Å². The van der Waals surface area contributed by atoms with E-state index >= 15 is 0 Å². The molecule has 5 atom stereocenters. The molecule has 2 aromatic rings. The maximum absolute atomic E-state index is 13.0. The molecule has 206 valence electrons. The molecular formula is C28H34O10. The number of allylic oxidation sites excluding steroid dienone is 4. The third-order valence-corrected chi connectivity index (χ3v) is 5.97. The number of aliphatic hydroxyl groups is 3. The van der Waals surface area contributed by atoms with Crippen molar-refractivity contribution in [3.05, 3.63) is 80.9 Å². The van der Waals surface area contributed by atoms with Gasteiger partial charge in [0, 0.05) is 6.07 Å². The van der Waals surface area contributed by atoms with Crippen molar-refractivity contribution in [1.29, 1.82) is 0 Å². The van der Waals surface area contributed by atoms with Gasteiger partial charge in [0.2, 0.25) is 17.5 Å². The second-order valence-electron chi connectivity index (χ2n) is 9.63. The van der Waals surface area contributed by atoms with Crippen molar-refractivity contribution in [2.45, 2.75) is 71.2 Å². The van der Waals surface area contributed by atoms with Gasteiger partial charge in [-0.3, -0.25) is 4.79 Å². The summed E-state index contributed by atoms with van der Waals surface area (Å²) >= 11 is 0. The summed E-state index contributed by atoms with van der Waals surface area (Å²) < 4.78 is 21.1. The van der Waals surface area contributed by atoms with Gasteiger partial charge in [-0.15, -0.1) is 0 Å². The monoisotopic (exact) mass is 530 g/mol. The van der Waals surface area contributed by atoms with E-state index < -0.39 is 48.7 Å². The molecular weight excluding hydrogens is 496 g/mol. The smallest absolute Gasteiger partial charge is 0.338 e. The fourth-order valence-electron chi connectivity index (χ4n) is 3.76. The molecule has 0 radical (unpaired) electrons. The number of phenolic OH excluding ortho intramolecular Hbond substituents is 1. The zero-order valence-electron chi connectivity index (χ0n) is 21.8. The minimum atomic E-state index is -1.70. The summed E-state index contributed by atoms with van der Waals surface area (Å²) in [5.74, 6) is -0.905. The first-order valence-corrected chi connectivity index (χ1v) is 12.2. The lowest BCUT2D eigenvalue weighted by Crippen LogP contribution is -2.60. The lowest BCUT2D eigenvalue weighted by molar-refractivity contribution is -0.277. The van der Waals surface area contributed by atoms with E-state index in [2.05, 4.69) is 0 Å². The van der Waals surface area contributed by atoms with Gasteiger partial charge in [-0.05, 0) is 63.8 Å². The zero-order valence-corrected chi connectivity index (χ0v) is 21.8. The fraction of sp³-hybridized carbons (Fsp3) is 0.429. The standard InChI is InChI=1S/C28H34O10/c1-15(2)5-7-17-11-19(12-18(23(17)30)8-6-16(3)4)27(34)36-14-22-24(31)25(32)26(33)28(38-22)37-21-13-35-10-9-20(21)29/h5-6,9-13,22,24-26,28,30-33H,7-8,14H2,1-4H3/t22-,24-,25+,26-,28-/m1/s1. The quantitative estimate of drug-likeness (QED) is 0.280. The van der Waals surface area contributed by atoms with E-state index in [4.69, 9.17) is 18.6 Å². The molecule has 10 nitrogen and oxygen atoms in total. The first-order chi connectivity index (χ1) is 18.0. The van der Waals surface area contributed by atoms with E-state index in [1.54, 1.807) is 12.1 Å². The highest BCUT2D eigenvalue weighted by atomic mass is 16.7. The third-order valence-electron chi connectivity index (χ3n) is 5.97. The van der Waals surface area contributed by atoms with Gasteiger partial charge in [0.25, 0.3) is 0 Å². The van der Waals surface area contributed by atoms with Gasteiger partial charge in [-0.25, -0.2) is 4.79 Å². The van der Waals surface area contributed by atoms with Crippen LogP contribution in [0.4, 0.5) is 0 Å². The molecule has 0 unspecified atom stereocenters. The number of carbonyl (C=O) groups excluding carboxylic acids is 1. The number of hydrogen-bond donors (Lipinski definition) is 4. The number of carbonyl (C=O) groups is 1. The number of esters is 1. The van der Waals surface area contributed by atoms with Crippen molar-refractivity contribution in [2.24, 2.45) is 0 Å².